The van der Waals surface area contributed by atoms with Crippen LogP contribution in [0.15, 0.2) is 22.8 Å². The van der Waals surface area contributed by atoms with E-state index in [9.17, 15) is 9.59 Å². The first-order valence-corrected chi connectivity index (χ1v) is 6.24. The zero-order valence-corrected chi connectivity index (χ0v) is 11.3. The number of hydrogen-bond donors (Lipinski definition) is 2. The molecule has 1 aromatic rings. The molecule has 0 spiro atoms. The molecule has 106 valence electrons. The average Bonchev–Trinajstić information content (AvgIpc) is 2.86. The molecule has 1 rings (SSSR count). The van der Waals surface area contributed by atoms with E-state index in [1.165, 1.54) is 11.2 Å². The van der Waals surface area contributed by atoms with E-state index in [4.69, 9.17) is 9.52 Å². The number of furan rings is 1. The van der Waals surface area contributed by atoms with Gasteiger partial charge < -0.3 is 19.7 Å². The zero-order valence-electron chi connectivity index (χ0n) is 11.3. The minimum absolute atomic E-state index is 0.0480. The third-order valence-electron chi connectivity index (χ3n) is 2.56. The van der Waals surface area contributed by atoms with Gasteiger partial charge in [0.15, 0.2) is 5.76 Å². The Kier molecular flexibility index (Phi) is 6.08. The van der Waals surface area contributed by atoms with Crippen molar-refractivity contribution >= 4 is 11.8 Å². The van der Waals surface area contributed by atoms with Crippen LogP contribution in [0.4, 0.5) is 0 Å². The highest BCUT2D eigenvalue weighted by Crippen LogP contribution is 2.00. The number of likely N-dealkylation sites (N-methyl/N-ethyl adjacent to an activating group) is 1. The molecule has 6 nitrogen and oxygen atoms in total. The quantitative estimate of drug-likeness (QED) is 0.710. The van der Waals surface area contributed by atoms with Crippen LogP contribution in [0.1, 0.15) is 30.3 Å². The second-order valence-corrected chi connectivity index (χ2v) is 4.46. The Balaban J connectivity index is 2.17. The first-order chi connectivity index (χ1) is 9.00. The van der Waals surface area contributed by atoms with Gasteiger partial charge in [0, 0.05) is 26.6 Å². The fourth-order valence-corrected chi connectivity index (χ4v) is 1.63. The maximum absolute atomic E-state index is 11.6. The highest BCUT2D eigenvalue weighted by molar-refractivity contribution is 5.91. The number of hydrogen-bond acceptors (Lipinski definition) is 4. The molecule has 19 heavy (non-hydrogen) atoms. The summed E-state index contributed by atoms with van der Waals surface area (Å²) in [7, 11) is 1.65. The Hall–Kier alpha value is -1.82. The maximum Gasteiger partial charge on any atom is 0.286 e. The summed E-state index contributed by atoms with van der Waals surface area (Å²) in [5, 5.41) is 11.8. The predicted octanol–water partition coefficient (Wildman–Crippen LogP) is 0.629. The number of nitrogens with zero attached hydrogens (tertiary/aromatic N) is 1. The van der Waals surface area contributed by atoms with Gasteiger partial charge in [-0.2, -0.15) is 0 Å². The van der Waals surface area contributed by atoms with Crippen molar-refractivity contribution < 1.29 is 19.1 Å². The van der Waals surface area contributed by atoms with E-state index in [1.807, 2.05) is 0 Å². The van der Waals surface area contributed by atoms with Gasteiger partial charge in [-0.1, -0.05) is 0 Å². The van der Waals surface area contributed by atoms with Crippen LogP contribution >= 0.6 is 0 Å². The van der Waals surface area contributed by atoms with E-state index in [0.29, 0.717) is 25.9 Å². The lowest BCUT2D eigenvalue weighted by molar-refractivity contribution is -0.131. The summed E-state index contributed by atoms with van der Waals surface area (Å²) in [6.07, 6.45) is 1.79. The predicted molar refractivity (Wildman–Crippen MR) is 69.6 cm³/mol. The molecule has 6 heteroatoms. The summed E-state index contributed by atoms with van der Waals surface area (Å²) in [4.78, 5) is 24.6. The minimum atomic E-state index is -0.535. The molecular weight excluding hydrogens is 248 g/mol. The Labute approximate surface area is 112 Å². The van der Waals surface area contributed by atoms with E-state index in [-0.39, 0.29) is 17.6 Å². The number of amides is 2. The maximum atomic E-state index is 11.6. The molecular formula is C13H20N2O4. The topological polar surface area (TPSA) is 82.8 Å². The fourth-order valence-electron chi connectivity index (χ4n) is 1.63. The molecule has 0 aliphatic carbocycles. The van der Waals surface area contributed by atoms with Crippen molar-refractivity contribution in [3.63, 3.8) is 0 Å². The lowest BCUT2D eigenvalue weighted by atomic mass is 10.2. The first-order valence-electron chi connectivity index (χ1n) is 6.24. The van der Waals surface area contributed by atoms with Crippen LogP contribution in [0.2, 0.25) is 0 Å². The Morgan fingerprint density at radius 1 is 1.53 bits per heavy atom. The van der Waals surface area contributed by atoms with Crippen LogP contribution in [-0.4, -0.2) is 48.1 Å². The molecule has 1 unspecified atom stereocenters. The molecule has 1 heterocycles. The van der Waals surface area contributed by atoms with Gasteiger partial charge >= 0.3 is 0 Å². The van der Waals surface area contributed by atoms with Gasteiger partial charge in [0.2, 0.25) is 5.91 Å². The highest BCUT2D eigenvalue weighted by Gasteiger charge is 2.11. The third-order valence-corrected chi connectivity index (χ3v) is 2.56. The largest absolute Gasteiger partial charge is 0.459 e. The standard InChI is InChI=1S/C13H20N2O4/c1-10(16)9-15(2)12(17)6-3-7-14-13(18)11-5-4-8-19-11/h4-5,8,10,16H,3,6-7,9H2,1-2H3,(H,14,18). The molecule has 1 atom stereocenters. The van der Waals surface area contributed by atoms with Crippen molar-refractivity contribution in [3.05, 3.63) is 24.2 Å². The van der Waals surface area contributed by atoms with Crippen LogP contribution in [0.5, 0.6) is 0 Å². The zero-order chi connectivity index (χ0) is 14.3. The van der Waals surface area contributed by atoms with E-state index >= 15 is 0 Å². The Bertz CT molecular complexity index is 401. The number of nitrogens with one attached hydrogen (secondary N) is 1. The molecule has 2 N–H and O–H groups in total. The van der Waals surface area contributed by atoms with Gasteiger partial charge in [0.05, 0.1) is 12.4 Å². The Morgan fingerprint density at radius 2 is 2.26 bits per heavy atom. The van der Waals surface area contributed by atoms with Gasteiger partial charge in [0.1, 0.15) is 0 Å². The molecule has 0 saturated carbocycles. The monoisotopic (exact) mass is 268 g/mol. The van der Waals surface area contributed by atoms with E-state index < -0.39 is 6.10 Å². The van der Waals surface area contributed by atoms with Gasteiger partial charge in [-0.3, -0.25) is 9.59 Å². The Morgan fingerprint density at radius 3 is 2.84 bits per heavy atom. The van der Waals surface area contributed by atoms with Crippen molar-refractivity contribution in [2.75, 3.05) is 20.1 Å². The second kappa shape index (κ2) is 7.58. The third kappa shape index (κ3) is 5.56. The lowest BCUT2D eigenvalue weighted by Crippen LogP contribution is -2.33. The number of carbonyl (C=O) groups is 2. The molecule has 2 amide bonds. The normalized spacial score (nSPS) is 11.9. The number of carbonyl (C=O) groups excluding carboxylic acids is 2. The molecule has 0 aromatic carbocycles. The molecule has 0 aliphatic rings. The average molecular weight is 268 g/mol. The summed E-state index contributed by atoms with van der Waals surface area (Å²) >= 11 is 0. The van der Waals surface area contributed by atoms with Crippen molar-refractivity contribution in [1.82, 2.24) is 10.2 Å². The molecule has 0 aliphatic heterocycles. The first kappa shape index (κ1) is 15.2. The lowest BCUT2D eigenvalue weighted by Gasteiger charge is -2.18. The van der Waals surface area contributed by atoms with Gasteiger partial charge in [-0.15, -0.1) is 0 Å². The number of aliphatic hydroxyl groups is 1. The van der Waals surface area contributed by atoms with Crippen molar-refractivity contribution in [1.29, 1.82) is 0 Å². The van der Waals surface area contributed by atoms with E-state index in [2.05, 4.69) is 5.32 Å². The van der Waals surface area contributed by atoms with E-state index in [0.717, 1.165) is 0 Å². The second-order valence-electron chi connectivity index (χ2n) is 4.46. The van der Waals surface area contributed by atoms with Crippen molar-refractivity contribution in [2.24, 2.45) is 0 Å². The molecule has 0 radical (unpaired) electrons. The number of aliphatic hydroxyl groups excluding tert-OH is 1. The van der Waals surface area contributed by atoms with Crippen LogP contribution in [0.3, 0.4) is 0 Å². The van der Waals surface area contributed by atoms with Crippen molar-refractivity contribution in [3.8, 4) is 0 Å². The summed E-state index contributed by atoms with van der Waals surface area (Å²) in [5.41, 5.74) is 0. The molecule has 0 saturated heterocycles. The SMILES string of the molecule is CC(O)CN(C)C(=O)CCCNC(=O)c1ccco1. The molecule has 0 bridgehead atoms. The van der Waals surface area contributed by atoms with Crippen LogP contribution < -0.4 is 5.32 Å². The van der Waals surface area contributed by atoms with Crippen LogP contribution in [0.25, 0.3) is 0 Å². The summed E-state index contributed by atoms with van der Waals surface area (Å²) < 4.78 is 4.94. The van der Waals surface area contributed by atoms with Gasteiger partial charge in [-0.05, 0) is 25.5 Å². The highest BCUT2D eigenvalue weighted by atomic mass is 16.3. The van der Waals surface area contributed by atoms with Gasteiger partial charge in [-0.25, -0.2) is 0 Å². The number of rotatable bonds is 7. The smallest absolute Gasteiger partial charge is 0.286 e. The van der Waals surface area contributed by atoms with E-state index in [1.54, 1.807) is 26.1 Å². The fraction of sp³-hybridized carbons (Fsp3) is 0.538. The van der Waals surface area contributed by atoms with Crippen LogP contribution in [0, 0.1) is 0 Å². The van der Waals surface area contributed by atoms with Crippen molar-refractivity contribution in [2.45, 2.75) is 25.9 Å². The van der Waals surface area contributed by atoms with Crippen LogP contribution in [-0.2, 0) is 4.79 Å². The molecule has 1 aromatic heterocycles. The minimum Gasteiger partial charge on any atom is -0.459 e. The summed E-state index contributed by atoms with van der Waals surface area (Å²) in [6, 6.07) is 3.22. The summed E-state index contributed by atoms with van der Waals surface area (Å²) in [5.74, 6) is -0.0690. The van der Waals surface area contributed by atoms with Gasteiger partial charge in [0.25, 0.3) is 5.91 Å². The summed E-state index contributed by atoms with van der Waals surface area (Å²) in [6.45, 7) is 2.36. The molecule has 0 fully saturated rings.